The van der Waals surface area contributed by atoms with Crippen LogP contribution in [0.25, 0.3) is 0 Å². The Kier molecular flexibility index (Phi) is 4.20. The number of aliphatic hydroxyl groups excluding tert-OH is 1. The van der Waals surface area contributed by atoms with Crippen LogP contribution in [0.5, 0.6) is 0 Å². The first kappa shape index (κ1) is 16.8. The second-order valence-corrected chi connectivity index (χ2v) is 8.66. The first-order valence-electron chi connectivity index (χ1n) is 8.98. The van der Waals surface area contributed by atoms with E-state index in [2.05, 4.69) is 27.4 Å². The number of carbonyl (C=O) groups is 1. The van der Waals surface area contributed by atoms with E-state index in [4.69, 9.17) is 4.74 Å². The average molecular weight is 318 g/mol. The number of hydrogen-bond acceptors (Lipinski definition) is 3. The van der Waals surface area contributed by atoms with Gasteiger partial charge >= 0.3 is 5.97 Å². The lowest BCUT2D eigenvalue weighted by Gasteiger charge is -2.58. The quantitative estimate of drug-likeness (QED) is 0.631. The third-order valence-electron chi connectivity index (χ3n) is 6.89. The lowest BCUT2D eigenvalue weighted by molar-refractivity contribution is -0.137. The predicted octanol–water partition coefficient (Wildman–Crippen LogP) is 4.02. The van der Waals surface area contributed by atoms with E-state index in [-0.39, 0.29) is 17.3 Å². The third kappa shape index (κ3) is 2.77. The van der Waals surface area contributed by atoms with Gasteiger partial charge in [-0.25, -0.2) is 4.79 Å². The van der Waals surface area contributed by atoms with Crippen molar-refractivity contribution < 1.29 is 14.6 Å². The van der Waals surface area contributed by atoms with Crippen molar-refractivity contribution in [3.63, 3.8) is 0 Å². The molecule has 3 aliphatic rings. The SMILES string of the molecule is C=C1CC[C@H]2C(C)(C)CCC[C@]2(C)[C@H]1C[C@@H](O)C1=CCOC1=O. The molecule has 1 N–H and O–H groups in total. The van der Waals surface area contributed by atoms with Crippen molar-refractivity contribution in [2.75, 3.05) is 6.61 Å². The molecule has 2 fully saturated rings. The molecule has 3 heteroatoms. The fourth-order valence-corrected chi connectivity index (χ4v) is 5.71. The molecule has 0 saturated heterocycles. The van der Waals surface area contributed by atoms with Gasteiger partial charge in [0.15, 0.2) is 0 Å². The number of fused-ring (bicyclic) bond motifs is 1. The number of hydrogen-bond donors (Lipinski definition) is 1. The maximum Gasteiger partial charge on any atom is 0.336 e. The molecule has 0 amide bonds. The zero-order valence-corrected chi connectivity index (χ0v) is 14.7. The molecule has 0 aromatic heterocycles. The van der Waals surface area contributed by atoms with E-state index in [1.54, 1.807) is 6.08 Å². The predicted molar refractivity (Wildman–Crippen MR) is 90.8 cm³/mol. The van der Waals surface area contributed by atoms with Crippen molar-refractivity contribution in [3.8, 4) is 0 Å². The van der Waals surface area contributed by atoms with Gasteiger partial charge in [0.1, 0.15) is 6.61 Å². The highest BCUT2D eigenvalue weighted by molar-refractivity contribution is 5.91. The highest BCUT2D eigenvalue weighted by Crippen LogP contribution is 2.61. The summed E-state index contributed by atoms with van der Waals surface area (Å²) in [6.45, 7) is 11.8. The number of cyclic esters (lactones) is 1. The Morgan fingerprint density at radius 1 is 1.39 bits per heavy atom. The summed E-state index contributed by atoms with van der Waals surface area (Å²) in [5.41, 5.74) is 2.23. The van der Waals surface area contributed by atoms with Crippen LogP contribution in [0.4, 0.5) is 0 Å². The van der Waals surface area contributed by atoms with Gasteiger partial charge in [-0.05, 0) is 60.8 Å². The molecule has 0 unspecified atom stereocenters. The first-order chi connectivity index (χ1) is 10.8. The lowest BCUT2D eigenvalue weighted by atomic mass is 9.47. The minimum atomic E-state index is -0.729. The van der Waals surface area contributed by atoms with Crippen LogP contribution >= 0.6 is 0 Å². The Morgan fingerprint density at radius 3 is 2.78 bits per heavy atom. The van der Waals surface area contributed by atoms with E-state index in [1.807, 2.05) is 0 Å². The summed E-state index contributed by atoms with van der Waals surface area (Å²) in [4.78, 5) is 11.7. The zero-order chi connectivity index (χ0) is 16.8. The van der Waals surface area contributed by atoms with Crippen LogP contribution < -0.4 is 0 Å². The van der Waals surface area contributed by atoms with Crippen molar-refractivity contribution >= 4 is 5.97 Å². The minimum Gasteiger partial charge on any atom is -0.458 e. The Balaban J connectivity index is 1.84. The number of carbonyl (C=O) groups excluding carboxylic acids is 1. The van der Waals surface area contributed by atoms with Crippen molar-refractivity contribution in [1.29, 1.82) is 0 Å². The number of esters is 1. The second kappa shape index (κ2) is 5.77. The van der Waals surface area contributed by atoms with E-state index < -0.39 is 6.10 Å². The molecule has 0 aromatic carbocycles. The molecule has 1 aliphatic heterocycles. The second-order valence-electron chi connectivity index (χ2n) is 8.66. The lowest BCUT2D eigenvalue weighted by Crippen LogP contribution is -2.50. The van der Waals surface area contributed by atoms with Gasteiger partial charge in [0.25, 0.3) is 0 Å². The highest BCUT2D eigenvalue weighted by atomic mass is 16.5. The molecule has 0 spiro atoms. The van der Waals surface area contributed by atoms with E-state index in [0.717, 1.165) is 6.42 Å². The number of allylic oxidation sites excluding steroid dienone is 1. The maximum absolute atomic E-state index is 11.7. The largest absolute Gasteiger partial charge is 0.458 e. The van der Waals surface area contributed by atoms with E-state index in [9.17, 15) is 9.90 Å². The molecule has 1 heterocycles. The molecule has 3 nitrogen and oxygen atoms in total. The van der Waals surface area contributed by atoms with Crippen LogP contribution in [0.15, 0.2) is 23.8 Å². The van der Waals surface area contributed by atoms with Crippen molar-refractivity contribution in [2.24, 2.45) is 22.7 Å². The molecule has 0 bridgehead atoms. The van der Waals surface area contributed by atoms with E-state index >= 15 is 0 Å². The molecule has 3 rings (SSSR count). The Hall–Kier alpha value is -1.09. The third-order valence-corrected chi connectivity index (χ3v) is 6.89. The standard InChI is InChI=1S/C20H30O3/c1-13-6-7-17-19(2,3)9-5-10-20(17,4)15(13)12-16(21)14-8-11-23-18(14)22/h8,15-17,21H,1,5-7,9-12H2,2-4H3/t15-,16+,17-,20+/m0/s1. The molecule has 0 aromatic rings. The zero-order valence-electron chi connectivity index (χ0n) is 14.7. The van der Waals surface area contributed by atoms with Crippen LogP contribution in [0, 0.1) is 22.7 Å². The summed E-state index contributed by atoms with van der Waals surface area (Å²) in [6.07, 6.45) is 7.57. The number of ether oxygens (including phenoxy) is 1. The highest BCUT2D eigenvalue weighted by Gasteiger charge is 2.53. The van der Waals surface area contributed by atoms with Crippen molar-refractivity contribution in [3.05, 3.63) is 23.8 Å². The Morgan fingerprint density at radius 2 is 2.13 bits per heavy atom. The van der Waals surface area contributed by atoms with Gasteiger partial charge in [0, 0.05) is 0 Å². The monoisotopic (exact) mass is 318 g/mol. The summed E-state index contributed by atoms with van der Waals surface area (Å²) in [7, 11) is 0. The molecule has 23 heavy (non-hydrogen) atoms. The normalized spacial score (nSPS) is 37.8. The summed E-state index contributed by atoms with van der Waals surface area (Å²) in [5.74, 6) is 0.589. The Labute approximate surface area is 139 Å². The average Bonchev–Trinajstić information content (AvgIpc) is 2.88. The van der Waals surface area contributed by atoms with Crippen LogP contribution in [0.1, 0.15) is 59.3 Å². The van der Waals surface area contributed by atoms with Gasteiger partial charge in [-0.15, -0.1) is 0 Å². The van der Waals surface area contributed by atoms with E-state index in [0.29, 0.717) is 29.9 Å². The molecule has 128 valence electrons. The minimum absolute atomic E-state index is 0.182. The topological polar surface area (TPSA) is 46.5 Å². The van der Waals surface area contributed by atoms with Gasteiger partial charge in [-0.1, -0.05) is 39.3 Å². The molecule has 4 atom stereocenters. The summed E-state index contributed by atoms with van der Waals surface area (Å²) in [6, 6.07) is 0. The van der Waals surface area contributed by atoms with Crippen LogP contribution in [0.2, 0.25) is 0 Å². The van der Waals surface area contributed by atoms with Gasteiger partial charge in [0.2, 0.25) is 0 Å². The van der Waals surface area contributed by atoms with Crippen LogP contribution in [0.3, 0.4) is 0 Å². The molecular formula is C20H30O3. The fourth-order valence-electron chi connectivity index (χ4n) is 5.71. The number of rotatable bonds is 3. The molecular weight excluding hydrogens is 288 g/mol. The molecule has 2 saturated carbocycles. The Bertz CT molecular complexity index is 545. The maximum atomic E-state index is 11.7. The van der Waals surface area contributed by atoms with Gasteiger partial charge < -0.3 is 9.84 Å². The van der Waals surface area contributed by atoms with Gasteiger partial charge in [-0.2, -0.15) is 0 Å². The number of aliphatic hydroxyl groups is 1. The molecule has 0 radical (unpaired) electrons. The van der Waals surface area contributed by atoms with Crippen molar-refractivity contribution in [1.82, 2.24) is 0 Å². The van der Waals surface area contributed by atoms with E-state index in [1.165, 1.54) is 31.3 Å². The van der Waals surface area contributed by atoms with Crippen LogP contribution in [-0.2, 0) is 9.53 Å². The first-order valence-corrected chi connectivity index (χ1v) is 8.98. The van der Waals surface area contributed by atoms with Crippen LogP contribution in [-0.4, -0.2) is 23.8 Å². The van der Waals surface area contributed by atoms with Gasteiger partial charge in [-0.3, -0.25) is 0 Å². The summed E-state index contributed by atoms with van der Waals surface area (Å²) >= 11 is 0. The van der Waals surface area contributed by atoms with Gasteiger partial charge in [0.05, 0.1) is 11.7 Å². The molecule has 2 aliphatic carbocycles. The summed E-state index contributed by atoms with van der Waals surface area (Å²) < 4.78 is 4.95. The fraction of sp³-hybridized carbons (Fsp3) is 0.750. The smallest absolute Gasteiger partial charge is 0.336 e. The summed E-state index contributed by atoms with van der Waals surface area (Å²) in [5, 5.41) is 10.6. The van der Waals surface area contributed by atoms with Crippen molar-refractivity contribution in [2.45, 2.75) is 65.4 Å².